The number of hydrogen-bond donors (Lipinski definition) is 1. The van der Waals surface area contributed by atoms with Crippen molar-refractivity contribution in [2.45, 2.75) is 38.9 Å². The van der Waals surface area contributed by atoms with Gasteiger partial charge in [0.1, 0.15) is 0 Å². The van der Waals surface area contributed by atoms with Crippen molar-refractivity contribution in [1.29, 1.82) is 0 Å². The largest absolute Gasteiger partial charge is 0.352 e. The molecule has 5 heteroatoms. The van der Waals surface area contributed by atoms with Crippen LogP contribution >= 0.6 is 23.6 Å². The standard InChI is InChI=1S/C16H19N3S2/c1-10(2)19-14(15-11(3)7-9-21-15)13(18-16(19)20)12-6-4-5-8-17-12/h4-10,13-14H,1-3H3,(H,18,20)/t13-,14-/m1/s1. The highest BCUT2D eigenvalue weighted by molar-refractivity contribution is 7.80. The van der Waals surface area contributed by atoms with E-state index in [-0.39, 0.29) is 12.1 Å². The monoisotopic (exact) mass is 317 g/mol. The summed E-state index contributed by atoms with van der Waals surface area (Å²) < 4.78 is 0. The SMILES string of the molecule is Cc1ccsc1[C@H]1[C@@H](c2ccccn2)NC(=S)N1C(C)C. The molecule has 1 fully saturated rings. The van der Waals surface area contributed by atoms with E-state index in [1.54, 1.807) is 11.3 Å². The Kier molecular flexibility index (Phi) is 3.95. The van der Waals surface area contributed by atoms with E-state index in [0.29, 0.717) is 6.04 Å². The van der Waals surface area contributed by atoms with E-state index < -0.39 is 0 Å². The van der Waals surface area contributed by atoms with Crippen molar-refractivity contribution < 1.29 is 0 Å². The van der Waals surface area contributed by atoms with E-state index in [1.807, 2.05) is 18.3 Å². The van der Waals surface area contributed by atoms with Gasteiger partial charge in [-0.3, -0.25) is 4.98 Å². The van der Waals surface area contributed by atoms with Gasteiger partial charge < -0.3 is 10.2 Å². The van der Waals surface area contributed by atoms with Gasteiger partial charge in [0.2, 0.25) is 0 Å². The maximum Gasteiger partial charge on any atom is 0.170 e. The number of rotatable bonds is 3. The smallest absolute Gasteiger partial charge is 0.170 e. The van der Waals surface area contributed by atoms with Gasteiger partial charge in [-0.05, 0) is 62.1 Å². The van der Waals surface area contributed by atoms with E-state index in [2.05, 4.69) is 53.5 Å². The Bertz CT molecular complexity index is 636. The molecule has 2 atom stereocenters. The van der Waals surface area contributed by atoms with Crippen molar-refractivity contribution in [1.82, 2.24) is 15.2 Å². The minimum Gasteiger partial charge on any atom is -0.352 e. The summed E-state index contributed by atoms with van der Waals surface area (Å²) in [6.45, 7) is 6.54. The number of pyridine rings is 1. The van der Waals surface area contributed by atoms with Crippen molar-refractivity contribution in [3.8, 4) is 0 Å². The fourth-order valence-electron chi connectivity index (χ4n) is 2.89. The minimum absolute atomic E-state index is 0.110. The van der Waals surface area contributed by atoms with Crippen LogP contribution in [0.5, 0.6) is 0 Å². The molecule has 0 aromatic carbocycles. The van der Waals surface area contributed by atoms with E-state index in [9.17, 15) is 0 Å². The van der Waals surface area contributed by atoms with Crippen molar-refractivity contribution in [2.24, 2.45) is 0 Å². The Morgan fingerprint density at radius 1 is 1.33 bits per heavy atom. The number of hydrogen-bond acceptors (Lipinski definition) is 3. The Labute approximate surface area is 135 Å². The number of aromatic nitrogens is 1. The highest BCUT2D eigenvalue weighted by atomic mass is 32.1. The molecule has 1 N–H and O–H groups in total. The van der Waals surface area contributed by atoms with Crippen LogP contribution in [-0.4, -0.2) is 21.0 Å². The molecular formula is C16H19N3S2. The summed E-state index contributed by atoms with van der Waals surface area (Å²) >= 11 is 7.38. The zero-order chi connectivity index (χ0) is 15.0. The summed E-state index contributed by atoms with van der Waals surface area (Å²) in [7, 11) is 0. The number of thiophene rings is 1. The molecule has 21 heavy (non-hydrogen) atoms. The van der Waals surface area contributed by atoms with Gasteiger partial charge in [-0.2, -0.15) is 0 Å². The van der Waals surface area contributed by atoms with Crippen molar-refractivity contribution in [3.05, 3.63) is 52.0 Å². The van der Waals surface area contributed by atoms with Crippen molar-refractivity contribution in [3.63, 3.8) is 0 Å². The molecule has 0 amide bonds. The summed E-state index contributed by atoms with van der Waals surface area (Å²) in [4.78, 5) is 8.20. The average Bonchev–Trinajstić information content (AvgIpc) is 3.02. The first kappa shape index (κ1) is 14.5. The van der Waals surface area contributed by atoms with Gasteiger partial charge in [0.25, 0.3) is 0 Å². The lowest BCUT2D eigenvalue weighted by Gasteiger charge is -2.30. The van der Waals surface area contributed by atoms with E-state index >= 15 is 0 Å². The van der Waals surface area contributed by atoms with Gasteiger partial charge >= 0.3 is 0 Å². The molecule has 0 bridgehead atoms. The van der Waals surface area contributed by atoms with Crippen LogP contribution in [0.25, 0.3) is 0 Å². The third kappa shape index (κ3) is 2.56. The Morgan fingerprint density at radius 2 is 2.14 bits per heavy atom. The summed E-state index contributed by atoms with van der Waals surface area (Å²) in [6, 6.07) is 8.90. The molecule has 3 rings (SSSR count). The van der Waals surface area contributed by atoms with Gasteiger partial charge in [0.05, 0.1) is 17.8 Å². The van der Waals surface area contributed by atoms with Crippen LogP contribution in [0.4, 0.5) is 0 Å². The lowest BCUT2D eigenvalue weighted by Crippen LogP contribution is -2.35. The molecule has 3 nitrogen and oxygen atoms in total. The van der Waals surface area contributed by atoms with Gasteiger partial charge in [0, 0.05) is 17.1 Å². The van der Waals surface area contributed by atoms with Gasteiger partial charge in [0.15, 0.2) is 5.11 Å². The lowest BCUT2D eigenvalue weighted by atomic mass is 10.00. The van der Waals surface area contributed by atoms with Crippen molar-refractivity contribution >= 4 is 28.7 Å². The maximum absolute atomic E-state index is 5.58. The first-order chi connectivity index (χ1) is 10.1. The molecule has 2 aromatic rings. The number of thiocarbonyl (C=S) groups is 1. The molecule has 0 unspecified atom stereocenters. The Morgan fingerprint density at radius 3 is 2.71 bits per heavy atom. The number of nitrogens with zero attached hydrogens (tertiary/aromatic N) is 2. The maximum atomic E-state index is 5.58. The van der Waals surface area contributed by atoms with Gasteiger partial charge in [-0.1, -0.05) is 6.07 Å². The number of nitrogens with one attached hydrogen (secondary N) is 1. The molecule has 1 aliphatic rings. The first-order valence-electron chi connectivity index (χ1n) is 7.13. The van der Waals surface area contributed by atoms with Crippen LogP contribution in [0.2, 0.25) is 0 Å². The van der Waals surface area contributed by atoms with Crippen LogP contribution in [0.1, 0.15) is 42.1 Å². The van der Waals surface area contributed by atoms with Gasteiger partial charge in [-0.15, -0.1) is 11.3 Å². The average molecular weight is 317 g/mol. The van der Waals surface area contributed by atoms with E-state index in [0.717, 1.165) is 10.8 Å². The molecule has 0 radical (unpaired) electrons. The second-order valence-electron chi connectivity index (χ2n) is 5.60. The Hall–Kier alpha value is -1.46. The van der Waals surface area contributed by atoms with Crippen LogP contribution in [-0.2, 0) is 0 Å². The third-order valence-corrected chi connectivity index (χ3v) is 5.28. The second-order valence-corrected chi connectivity index (χ2v) is 6.93. The Balaban J connectivity index is 2.07. The zero-order valence-electron chi connectivity index (χ0n) is 12.4. The highest BCUT2D eigenvalue weighted by Crippen LogP contribution is 2.42. The molecule has 2 aromatic heterocycles. The second kappa shape index (κ2) is 5.73. The van der Waals surface area contributed by atoms with Crippen LogP contribution in [0.15, 0.2) is 35.8 Å². The lowest BCUT2D eigenvalue weighted by molar-refractivity contribution is 0.272. The summed E-state index contributed by atoms with van der Waals surface area (Å²) in [5, 5.41) is 6.44. The van der Waals surface area contributed by atoms with Gasteiger partial charge in [-0.25, -0.2) is 0 Å². The molecule has 3 heterocycles. The zero-order valence-corrected chi connectivity index (χ0v) is 14.0. The van der Waals surface area contributed by atoms with Crippen LogP contribution < -0.4 is 5.32 Å². The quantitative estimate of drug-likeness (QED) is 0.871. The first-order valence-corrected chi connectivity index (χ1v) is 8.42. The van der Waals surface area contributed by atoms with E-state index in [1.165, 1.54) is 10.4 Å². The third-order valence-electron chi connectivity index (χ3n) is 3.86. The molecule has 1 saturated heterocycles. The summed E-state index contributed by atoms with van der Waals surface area (Å²) in [5.41, 5.74) is 2.36. The fraction of sp³-hybridized carbons (Fsp3) is 0.375. The predicted molar refractivity (Wildman–Crippen MR) is 91.5 cm³/mol. The molecule has 0 saturated carbocycles. The predicted octanol–water partition coefficient (Wildman–Crippen LogP) is 3.83. The summed E-state index contributed by atoms with van der Waals surface area (Å²) in [5.74, 6) is 0. The topological polar surface area (TPSA) is 28.2 Å². The molecular weight excluding hydrogens is 298 g/mol. The summed E-state index contributed by atoms with van der Waals surface area (Å²) in [6.07, 6.45) is 1.84. The molecule has 110 valence electrons. The fourth-order valence-corrected chi connectivity index (χ4v) is 4.40. The van der Waals surface area contributed by atoms with Crippen molar-refractivity contribution in [2.75, 3.05) is 0 Å². The van der Waals surface area contributed by atoms with E-state index in [4.69, 9.17) is 12.2 Å². The highest BCUT2D eigenvalue weighted by Gasteiger charge is 2.41. The molecule has 0 spiro atoms. The minimum atomic E-state index is 0.110. The molecule has 0 aliphatic carbocycles. The molecule has 1 aliphatic heterocycles. The van der Waals surface area contributed by atoms with Crippen LogP contribution in [0.3, 0.4) is 0 Å². The van der Waals surface area contributed by atoms with Crippen LogP contribution in [0, 0.1) is 6.92 Å². The number of aryl methyl sites for hydroxylation is 1. The normalized spacial score (nSPS) is 21.9.